The molecule has 1 fully saturated rings. The summed E-state index contributed by atoms with van der Waals surface area (Å²) in [5.74, 6) is 0.727. The first-order valence-corrected chi connectivity index (χ1v) is 8.57. The van der Waals surface area contributed by atoms with Crippen LogP contribution >= 0.6 is 0 Å². The number of ether oxygens (including phenoxy) is 2. The molecule has 2 atom stereocenters. The highest BCUT2D eigenvalue weighted by atomic mass is 16.6. The maximum absolute atomic E-state index is 11.8. The van der Waals surface area contributed by atoms with E-state index in [1.54, 1.807) is 7.11 Å². The van der Waals surface area contributed by atoms with Gasteiger partial charge in [-0.1, -0.05) is 19.8 Å². The Kier molecular flexibility index (Phi) is 8.18. The third-order valence-corrected chi connectivity index (χ3v) is 3.78. The molecular formula is C17H34N2O3. The quantitative estimate of drug-likeness (QED) is 0.650. The molecule has 1 rings (SSSR count). The Labute approximate surface area is 135 Å². The molecule has 0 aliphatic heterocycles. The fourth-order valence-corrected chi connectivity index (χ4v) is 2.52. The lowest BCUT2D eigenvalue weighted by molar-refractivity contribution is 0.0519. The Balaban J connectivity index is 2.43. The summed E-state index contributed by atoms with van der Waals surface area (Å²) < 4.78 is 10.6. The molecular weight excluding hydrogens is 280 g/mol. The van der Waals surface area contributed by atoms with E-state index >= 15 is 0 Å². The predicted molar refractivity (Wildman–Crippen MR) is 89.1 cm³/mol. The molecule has 22 heavy (non-hydrogen) atoms. The molecule has 1 saturated carbocycles. The van der Waals surface area contributed by atoms with Gasteiger partial charge >= 0.3 is 6.09 Å². The fraction of sp³-hybridized carbons (Fsp3) is 0.941. The minimum Gasteiger partial charge on any atom is -0.444 e. The molecule has 0 aromatic carbocycles. The van der Waals surface area contributed by atoms with E-state index in [-0.39, 0.29) is 12.1 Å². The average Bonchev–Trinajstić information content (AvgIpc) is 3.23. The maximum atomic E-state index is 11.8. The number of amides is 1. The largest absolute Gasteiger partial charge is 0.444 e. The Hall–Kier alpha value is -0.810. The Morgan fingerprint density at radius 1 is 1.32 bits per heavy atom. The van der Waals surface area contributed by atoms with Crippen molar-refractivity contribution in [3.8, 4) is 0 Å². The average molecular weight is 314 g/mol. The van der Waals surface area contributed by atoms with E-state index in [1.807, 2.05) is 20.8 Å². The van der Waals surface area contributed by atoms with Crippen molar-refractivity contribution >= 4 is 6.09 Å². The third kappa shape index (κ3) is 8.59. The molecule has 1 amide bonds. The maximum Gasteiger partial charge on any atom is 0.407 e. The van der Waals surface area contributed by atoms with Crippen LogP contribution < -0.4 is 10.6 Å². The zero-order valence-corrected chi connectivity index (χ0v) is 14.9. The summed E-state index contributed by atoms with van der Waals surface area (Å²) in [4.78, 5) is 11.8. The second-order valence-electron chi connectivity index (χ2n) is 7.29. The van der Waals surface area contributed by atoms with Crippen LogP contribution in [-0.4, -0.2) is 44.0 Å². The number of rotatable bonds is 10. The third-order valence-electron chi connectivity index (χ3n) is 3.78. The van der Waals surface area contributed by atoms with Crippen molar-refractivity contribution < 1.29 is 14.3 Å². The molecule has 130 valence electrons. The van der Waals surface area contributed by atoms with Crippen LogP contribution in [0.4, 0.5) is 4.79 Å². The van der Waals surface area contributed by atoms with Gasteiger partial charge in [0.25, 0.3) is 0 Å². The number of carbonyl (C=O) groups excluding carboxylic acids is 1. The zero-order valence-electron chi connectivity index (χ0n) is 14.9. The van der Waals surface area contributed by atoms with Crippen LogP contribution in [0.15, 0.2) is 0 Å². The van der Waals surface area contributed by atoms with Gasteiger partial charge in [0, 0.05) is 25.7 Å². The Morgan fingerprint density at radius 3 is 2.50 bits per heavy atom. The Bertz CT molecular complexity index is 324. The fourth-order valence-electron chi connectivity index (χ4n) is 2.52. The minimum absolute atomic E-state index is 0.271. The second-order valence-corrected chi connectivity index (χ2v) is 7.29. The van der Waals surface area contributed by atoms with Crippen molar-refractivity contribution in [2.75, 3.05) is 20.3 Å². The normalized spacial score (nSPS) is 17.9. The first-order chi connectivity index (χ1) is 10.4. The molecule has 1 aliphatic rings. The molecule has 0 aromatic rings. The van der Waals surface area contributed by atoms with Crippen LogP contribution in [0.2, 0.25) is 0 Å². The summed E-state index contributed by atoms with van der Waals surface area (Å²) in [6, 6.07) is 0.667. The Morgan fingerprint density at radius 2 is 2.00 bits per heavy atom. The number of hydrogen-bond donors (Lipinski definition) is 2. The molecule has 0 saturated heterocycles. The molecule has 0 spiro atoms. The number of unbranched alkanes of at least 4 members (excludes halogenated alkanes) is 1. The van der Waals surface area contributed by atoms with E-state index < -0.39 is 5.60 Å². The van der Waals surface area contributed by atoms with Crippen LogP contribution in [0.3, 0.4) is 0 Å². The predicted octanol–water partition coefficient (Wildman–Crippen LogP) is 3.08. The summed E-state index contributed by atoms with van der Waals surface area (Å²) in [6.07, 6.45) is 5.58. The van der Waals surface area contributed by atoms with Crippen LogP contribution in [0.1, 0.15) is 59.8 Å². The van der Waals surface area contributed by atoms with Crippen LogP contribution in [-0.2, 0) is 9.47 Å². The summed E-state index contributed by atoms with van der Waals surface area (Å²) >= 11 is 0. The first kappa shape index (κ1) is 19.2. The zero-order chi connectivity index (χ0) is 16.6. The van der Waals surface area contributed by atoms with Crippen molar-refractivity contribution in [2.45, 2.75) is 77.5 Å². The van der Waals surface area contributed by atoms with Gasteiger partial charge in [-0.2, -0.15) is 0 Å². The molecule has 5 heteroatoms. The van der Waals surface area contributed by atoms with Gasteiger partial charge in [0.15, 0.2) is 0 Å². The standard InChI is InChI=1S/C17H34N2O3/c1-6-7-8-14(11-18-16(20)22-17(2,3)4)19-15(12-21-5)13-9-10-13/h13-15,19H,6-12H2,1-5H3,(H,18,20). The van der Waals surface area contributed by atoms with E-state index in [0.29, 0.717) is 12.6 Å². The highest BCUT2D eigenvalue weighted by Gasteiger charge is 2.32. The van der Waals surface area contributed by atoms with Gasteiger partial charge < -0.3 is 20.1 Å². The lowest BCUT2D eigenvalue weighted by atomic mass is 10.1. The van der Waals surface area contributed by atoms with E-state index in [1.165, 1.54) is 12.8 Å². The molecule has 5 nitrogen and oxygen atoms in total. The van der Waals surface area contributed by atoms with Gasteiger partial charge in [-0.25, -0.2) is 4.79 Å². The topological polar surface area (TPSA) is 59.6 Å². The lowest BCUT2D eigenvalue weighted by Crippen LogP contribution is -2.48. The molecule has 0 heterocycles. The van der Waals surface area contributed by atoms with E-state index in [2.05, 4.69) is 17.6 Å². The van der Waals surface area contributed by atoms with Gasteiger partial charge in [0.2, 0.25) is 0 Å². The highest BCUT2D eigenvalue weighted by molar-refractivity contribution is 5.67. The van der Waals surface area contributed by atoms with Crippen LogP contribution in [0.5, 0.6) is 0 Å². The molecule has 0 bridgehead atoms. The monoisotopic (exact) mass is 314 g/mol. The van der Waals surface area contributed by atoms with E-state index in [0.717, 1.165) is 31.8 Å². The molecule has 0 aromatic heterocycles. The molecule has 2 N–H and O–H groups in total. The van der Waals surface area contributed by atoms with Gasteiger partial charge in [-0.3, -0.25) is 0 Å². The van der Waals surface area contributed by atoms with Gasteiger partial charge in [-0.15, -0.1) is 0 Å². The van der Waals surface area contributed by atoms with Crippen LogP contribution in [0, 0.1) is 5.92 Å². The van der Waals surface area contributed by atoms with Crippen molar-refractivity contribution in [1.82, 2.24) is 10.6 Å². The smallest absolute Gasteiger partial charge is 0.407 e. The SMILES string of the molecule is CCCCC(CNC(=O)OC(C)(C)C)NC(COC)C1CC1. The minimum atomic E-state index is -0.455. The van der Waals surface area contributed by atoms with Crippen LogP contribution in [0.25, 0.3) is 0 Å². The van der Waals surface area contributed by atoms with Crippen molar-refractivity contribution in [3.63, 3.8) is 0 Å². The van der Waals surface area contributed by atoms with E-state index in [9.17, 15) is 4.79 Å². The summed E-state index contributed by atoms with van der Waals surface area (Å²) in [5, 5.41) is 6.57. The number of nitrogens with one attached hydrogen (secondary N) is 2. The summed E-state index contributed by atoms with van der Waals surface area (Å²) in [5.41, 5.74) is -0.455. The van der Waals surface area contributed by atoms with Crippen molar-refractivity contribution in [1.29, 1.82) is 0 Å². The lowest BCUT2D eigenvalue weighted by Gasteiger charge is -2.26. The molecule has 0 radical (unpaired) electrons. The van der Waals surface area contributed by atoms with Crippen molar-refractivity contribution in [3.05, 3.63) is 0 Å². The van der Waals surface area contributed by atoms with Crippen molar-refractivity contribution in [2.24, 2.45) is 5.92 Å². The number of methoxy groups -OCH3 is 1. The second kappa shape index (κ2) is 9.36. The number of hydrogen-bond acceptors (Lipinski definition) is 4. The number of alkyl carbamates (subject to hydrolysis) is 1. The van der Waals surface area contributed by atoms with Gasteiger partial charge in [-0.05, 0) is 46.0 Å². The number of carbonyl (C=O) groups is 1. The first-order valence-electron chi connectivity index (χ1n) is 8.57. The summed E-state index contributed by atoms with van der Waals surface area (Å²) in [6.45, 7) is 9.15. The molecule has 1 aliphatic carbocycles. The van der Waals surface area contributed by atoms with Gasteiger partial charge in [0.1, 0.15) is 5.60 Å². The van der Waals surface area contributed by atoms with E-state index in [4.69, 9.17) is 9.47 Å². The summed E-state index contributed by atoms with van der Waals surface area (Å²) in [7, 11) is 1.75. The highest BCUT2D eigenvalue weighted by Crippen LogP contribution is 2.33. The molecule has 2 unspecified atom stereocenters. The van der Waals surface area contributed by atoms with Gasteiger partial charge in [0.05, 0.1) is 6.61 Å².